The molecule has 6 heteroatoms. The molecule has 0 spiro atoms. The highest BCUT2D eigenvalue weighted by molar-refractivity contribution is 7.89. The highest BCUT2D eigenvalue weighted by Gasteiger charge is 2.22. The van der Waals surface area contributed by atoms with Gasteiger partial charge in [0.1, 0.15) is 0 Å². The highest BCUT2D eigenvalue weighted by Crippen LogP contribution is 2.22. The second-order valence-electron chi connectivity index (χ2n) is 5.92. The number of benzene rings is 1. The molecule has 0 bridgehead atoms. The molecule has 0 aliphatic rings. The van der Waals surface area contributed by atoms with E-state index in [1.54, 1.807) is 0 Å². The first kappa shape index (κ1) is 18.4. The van der Waals surface area contributed by atoms with Crippen molar-refractivity contribution in [2.24, 2.45) is 17.8 Å². The molecule has 0 amide bonds. The number of hydrogen-bond acceptors (Lipinski definition) is 3. The first-order chi connectivity index (χ1) is 9.69. The van der Waals surface area contributed by atoms with Crippen molar-refractivity contribution in [1.29, 1.82) is 0 Å². The molecular weight excluding hydrogens is 310 g/mol. The van der Waals surface area contributed by atoms with E-state index in [0.717, 1.165) is 0 Å². The van der Waals surface area contributed by atoms with Crippen molar-refractivity contribution in [1.82, 2.24) is 4.72 Å². The predicted molar refractivity (Wildman–Crippen MR) is 85.7 cm³/mol. The molecule has 0 saturated heterocycles. The minimum Gasteiger partial charge on any atom is -0.392 e. The summed E-state index contributed by atoms with van der Waals surface area (Å²) in [4.78, 5) is 0.127. The van der Waals surface area contributed by atoms with E-state index in [9.17, 15) is 13.5 Å². The quantitative estimate of drug-likeness (QED) is 0.806. The standard InChI is InChI=1S/C15H24ClNO3S/c1-10(2)14(11(3)4)8-17-21(19,20)13-5-6-15(16)12(7-13)9-18/h5-7,10-11,14,17-18H,8-9H2,1-4H3. The van der Waals surface area contributed by atoms with Crippen molar-refractivity contribution in [3.63, 3.8) is 0 Å². The summed E-state index contributed by atoms with van der Waals surface area (Å²) in [6, 6.07) is 4.35. The number of sulfonamides is 1. The first-order valence-electron chi connectivity index (χ1n) is 7.08. The minimum atomic E-state index is -3.59. The van der Waals surface area contributed by atoms with Crippen LogP contribution in [0.2, 0.25) is 5.02 Å². The summed E-state index contributed by atoms with van der Waals surface area (Å²) in [6.45, 7) is 8.46. The van der Waals surface area contributed by atoms with Gasteiger partial charge in [0.05, 0.1) is 11.5 Å². The van der Waals surface area contributed by atoms with Crippen LogP contribution in [-0.2, 0) is 16.6 Å². The topological polar surface area (TPSA) is 66.4 Å². The van der Waals surface area contributed by atoms with Gasteiger partial charge < -0.3 is 5.11 Å². The van der Waals surface area contributed by atoms with Gasteiger partial charge >= 0.3 is 0 Å². The molecule has 0 radical (unpaired) electrons. The SMILES string of the molecule is CC(C)C(CNS(=O)(=O)c1ccc(Cl)c(CO)c1)C(C)C. The molecule has 1 rings (SSSR count). The lowest BCUT2D eigenvalue weighted by Gasteiger charge is -2.25. The van der Waals surface area contributed by atoms with Gasteiger partial charge in [-0.3, -0.25) is 0 Å². The Kier molecular flexibility index (Phi) is 6.66. The average Bonchev–Trinajstić information content (AvgIpc) is 2.38. The maximum absolute atomic E-state index is 12.3. The van der Waals surface area contributed by atoms with E-state index in [-0.39, 0.29) is 17.4 Å². The fourth-order valence-corrected chi connectivity index (χ4v) is 3.67. The average molecular weight is 334 g/mol. The van der Waals surface area contributed by atoms with E-state index in [4.69, 9.17) is 11.6 Å². The number of rotatable bonds is 7. The summed E-state index contributed by atoms with van der Waals surface area (Å²) < 4.78 is 27.3. The van der Waals surface area contributed by atoms with Gasteiger partial charge in [0, 0.05) is 11.6 Å². The third kappa shape index (κ3) is 4.95. The lowest BCUT2D eigenvalue weighted by molar-refractivity contribution is 0.281. The molecule has 0 aliphatic carbocycles. The largest absolute Gasteiger partial charge is 0.392 e. The summed E-state index contributed by atoms with van der Waals surface area (Å²) in [7, 11) is -3.59. The van der Waals surface area contributed by atoms with E-state index in [0.29, 0.717) is 29.0 Å². The Hall–Kier alpha value is -0.620. The highest BCUT2D eigenvalue weighted by atomic mass is 35.5. The van der Waals surface area contributed by atoms with E-state index < -0.39 is 10.0 Å². The molecule has 4 nitrogen and oxygen atoms in total. The van der Waals surface area contributed by atoms with Crippen LogP contribution in [0.25, 0.3) is 0 Å². The maximum Gasteiger partial charge on any atom is 0.240 e. The third-order valence-corrected chi connectivity index (χ3v) is 5.51. The number of aliphatic hydroxyl groups is 1. The van der Waals surface area contributed by atoms with Crippen LogP contribution in [0.1, 0.15) is 33.3 Å². The monoisotopic (exact) mass is 333 g/mol. The van der Waals surface area contributed by atoms with Crippen molar-refractivity contribution >= 4 is 21.6 Å². The smallest absolute Gasteiger partial charge is 0.240 e. The second-order valence-corrected chi connectivity index (χ2v) is 8.09. The van der Waals surface area contributed by atoms with E-state index in [2.05, 4.69) is 32.4 Å². The van der Waals surface area contributed by atoms with Crippen molar-refractivity contribution in [2.75, 3.05) is 6.54 Å². The molecular formula is C15H24ClNO3S. The summed E-state index contributed by atoms with van der Waals surface area (Å²) in [5.74, 6) is 1.06. The molecule has 1 aromatic rings. The van der Waals surface area contributed by atoms with Crippen LogP contribution in [0, 0.1) is 17.8 Å². The van der Waals surface area contributed by atoms with Gasteiger partial charge in [-0.25, -0.2) is 13.1 Å². The van der Waals surface area contributed by atoms with Gasteiger partial charge in [0.2, 0.25) is 10.0 Å². The van der Waals surface area contributed by atoms with Crippen molar-refractivity contribution in [2.45, 2.75) is 39.2 Å². The molecule has 0 aromatic heterocycles. The van der Waals surface area contributed by atoms with Crippen LogP contribution in [0.5, 0.6) is 0 Å². The van der Waals surface area contributed by atoms with Crippen LogP contribution in [0.3, 0.4) is 0 Å². The molecule has 0 fully saturated rings. The maximum atomic E-state index is 12.3. The normalized spacial score (nSPS) is 12.6. The molecule has 2 N–H and O–H groups in total. The molecule has 0 saturated carbocycles. The van der Waals surface area contributed by atoms with E-state index >= 15 is 0 Å². The Morgan fingerprint density at radius 1 is 1.19 bits per heavy atom. The Morgan fingerprint density at radius 3 is 2.24 bits per heavy atom. The predicted octanol–water partition coefficient (Wildman–Crippen LogP) is 3.04. The molecule has 120 valence electrons. The van der Waals surface area contributed by atoms with Gasteiger partial charge in [-0.05, 0) is 41.5 Å². The molecule has 0 heterocycles. The molecule has 0 atom stereocenters. The number of aliphatic hydroxyl groups excluding tert-OH is 1. The van der Waals surface area contributed by atoms with Gasteiger partial charge in [-0.15, -0.1) is 0 Å². The summed E-state index contributed by atoms with van der Waals surface area (Å²) >= 11 is 5.88. The van der Waals surface area contributed by atoms with E-state index in [1.165, 1.54) is 18.2 Å². The van der Waals surface area contributed by atoms with Crippen LogP contribution in [0.4, 0.5) is 0 Å². The Labute approximate surface area is 132 Å². The molecule has 0 aliphatic heterocycles. The number of hydrogen-bond donors (Lipinski definition) is 2. The number of nitrogens with one attached hydrogen (secondary N) is 1. The zero-order chi connectivity index (χ0) is 16.2. The lowest BCUT2D eigenvalue weighted by Crippen LogP contribution is -2.34. The number of halogens is 1. The zero-order valence-corrected chi connectivity index (χ0v) is 14.5. The molecule has 0 unspecified atom stereocenters. The van der Waals surface area contributed by atoms with Crippen LogP contribution in [-0.4, -0.2) is 20.1 Å². The fourth-order valence-electron chi connectivity index (χ4n) is 2.37. The summed E-state index contributed by atoms with van der Waals surface area (Å²) in [5.41, 5.74) is 0.406. The van der Waals surface area contributed by atoms with Crippen LogP contribution < -0.4 is 4.72 Å². The van der Waals surface area contributed by atoms with Crippen LogP contribution >= 0.6 is 11.6 Å². The van der Waals surface area contributed by atoms with Crippen molar-refractivity contribution < 1.29 is 13.5 Å². The van der Waals surface area contributed by atoms with E-state index in [1.807, 2.05) is 0 Å². The fraction of sp³-hybridized carbons (Fsp3) is 0.600. The molecule has 1 aromatic carbocycles. The van der Waals surface area contributed by atoms with Gasteiger partial charge in [0.15, 0.2) is 0 Å². The Morgan fingerprint density at radius 2 is 1.76 bits per heavy atom. The minimum absolute atomic E-state index is 0.127. The van der Waals surface area contributed by atoms with Gasteiger partial charge in [0.25, 0.3) is 0 Å². The van der Waals surface area contributed by atoms with Crippen molar-refractivity contribution in [3.8, 4) is 0 Å². The zero-order valence-electron chi connectivity index (χ0n) is 12.9. The van der Waals surface area contributed by atoms with Crippen molar-refractivity contribution in [3.05, 3.63) is 28.8 Å². The molecule has 21 heavy (non-hydrogen) atoms. The summed E-state index contributed by atoms with van der Waals surface area (Å²) in [6.07, 6.45) is 0. The van der Waals surface area contributed by atoms with Crippen LogP contribution in [0.15, 0.2) is 23.1 Å². The first-order valence-corrected chi connectivity index (χ1v) is 8.94. The van der Waals surface area contributed by atoms with Gasteiger partial charge in [-0.1, -0.05) is 39.3 Å². The summed E-state index contributed by atoms with van der Waals surface area (Å²) in [5, 5.41) is 9.53. The third-order valence-electron chi connectivity index (χ3n) is 3.72. The Bertz CT molecular complexity index is 562. The second kappa shape index (κ2) is 7.58. The Balaban J connectivity index is 2.91. The van der Waals surface area contributed by atoms with Gasteiger partial charge in [-0.2, -0.15) is 0 Å². The lowest BCUT2D eigenvalue weighted by atomic mass is 9.86.